The molecule has 0 aromatic heterocycles. The third kappa shape index (κ3) is 4.65. The van der Waals surface area contributed by atoms with E-state index in [0.717, 1.165) is 31.4 Å². The van der Waals surface area contributed by atoms with Crippen molar-refractivity contribution in [3.63, 3.8) is 0 Å². The summed E-state index contributed by atoms with van der Waals surface area (Å²) in [6, 6.07) is 2.30. The van der Waals surface area contributed by atoms with Gasteiger partial charge in [-0.3, -0.25) is 0 Å². The third-order valence-corrected chi connectivity index (χ3v) is 4.62. The minimum Gasteiger partial charge on any atom is -0.492 e. The van der Waals surface area contributed by atoms with Crippen LogP contribution >= 0.6 is 0 Å². The third-order valence-electron chi connectivity index (χ3n) is 4.62. The molecule has 2 aliphatic rings. The lowest BCUT2D eigenvalue weighted by Gasteiger charge is -2.37. The largest absolute Gasteiger partial charge is 0.492 e. The van der Waals surface area contributed by atoms with E-state index in [-0.39, 0.29) is 24.1 Å². The molecular formula is C18H23F3N2O4. The topological polar surface area (TPSA) is 60.0 Å². The Morgan fingerprint density at radius 2 is 2.04 bits per heavy atom. The number of amides is 2. The Hall–Kier alpha value is -2.00. The van der Waals surface area contributed by atoms with Gasteiger partial charge in [0.25, 0.3) is 0 Å². The lowest BCUT2D eigenvalue weighted by Crippen LogP contribution is -2.51. The molecule has 0 bridgehead atoms. The number of hydrogen-bond donors (Lipinski definition) is 1. The van der Waals surface area contributed by atoms with E-state index in [1.165, 1.54) is 6.07 Å². The van der Waals surface area contributed by atoms with E-state index in [0.29, 0.717) is 19.8 Å². The van der Waals surface area contributed by atoms with Gasteiger partial charge >= 0.3 is 12.2 Å². The quantitative estimate of drug-likeness (QED) is 0.851. The molecule has 2 fully saturated rings. The normalized spacial score (nSPS) is 21.3. The van der Waals surface area contributed by atoms with Crippen LogP contribution in [0, 0.1) is 0 Å². The van der Waals surface area contributed by atoms with Crippen LogP contribution in [-0.4, -0.2) is 49.6 Å². The first kappa shape index (κ1) is 19.8. The van der Waals surface area contributed by atoms with Gasteiger partial charge in [0.2, 0.25) is 0 Å². The number of anilines is 1. The first-order valence-electron chi connectivity index (χ1n) is 9.05. The number of halogens is 3. The summed E-state index contributed by atoms with van der Waals surface area (Å²) in [5.74, 6) is 0.195. The number of likely N-dealkylation sites (tertiary alicyclic amines) is 1. The Morgan fingerprint density at radius 1 is 1.30 bits per heavy atom. The van der Waals surface area contributed by atoms with Crippen LogP contribution in [0.4, 0.5) is 23.7 Å². The number of ether oxygens (including phenoxy) is 3. The minimum atomic E-state index is -4.51. The van der Waals surface area contributed by atoms with Gasteiger partial charge in [-0.15, -0.1) is 0 Å². The van der Waals surface area contributed by atoms with Gasteiger partial charge in [-0.2, -0.15) is 13.2 Å². The smallest absolute Gasteiger partial charge is 0.416 e. The second kappa shape index (κ2) is 8.35. The van der Waals surface area contributed by atoms with Crippen LogP contribution in [0.15, 0.2) is 18.2 Å². The monoisotopic (exact) mass is 388 g/mol. The highest BCUT2D eigenvalue weighted by molar-refractivity contribution is 5.91. The van der Waals surface area contributed by atoms with Crippen molar-refractivity contribution in [2.24, 2.45) is 0 Å². The molecule has 150 valence electrons. The molecule has 0 spiro atoms. The summed E-state index contributed by atoms with van der Waals surface area (Å²) in [6.07, 6.45) is -2.53. The molecule has 1 aromatic carbocycles. The zero-order valence-corrected chi connectivity index (χ0v) is 15.1. The van der Waals surface area contributed by atoms with Crippen LogP contribution in [0.5, 0.6) is 5.75 Å². The molecule has 1 unspecified atom stereocenters. The second-order valence-corrected chi connectivity index (χ2v) is 6.44. The van der Waals surface area contributed by atoms with E-state index in [1.807, 2.05) is 0 Å². The average molecular weight is 388 g/mol. The van der Waals surface area contributed by atoms with Crippen molar-refractivity contribution >= 4 is 11.7 Å². The van der Waals surface area contributed by atoms with Crippen molar-refractivity contribution in [2.45, 2.75) is 44.7 Å². The predicted octanol–water partition coefficient (Wildman–Crippen LogP) is 3.86. The second-order valence-electron chi connectivity index (χ2n) is 6.44. The first-order valence-corrected chi connectivity index (χ1v) is 9.05. The molecule has 0 radical (unpaired) electrons. The summed E-state index contributed by atoms with van der Waals surface area (Å²) < 4.78 is 55.6. The summed E-state index contributed by atoms with van der Waals surface area (Å²) in [5, 5.41) is 2.58. The summed E-state index contributed by atoms with van der Waals surface area (Å²) in [5.41, 5.74) is -0.854. The number of nitrogens with one attached hydrogen (secondary N) is 1. The number of piperidine rings is 1. The molecule has 2 heterocycles. The van der Waals surface area contributed by atoms with Crippen LogP contribution in [0.1, 0.15) is 31.7 Å². The Kier molecular flexibility index (Phi) is 6.11. The van der Waals surface area contributed by atoms with Crippen molar-refractivity contribution in [1.29, 1.82) is 0 Å². The SMILES string of the molecule is CCOc1ccc(C(F)(F)F)cc1NC(=O)N1CCCCC1C1OCCO1. The number of urea groups is 1. The Labute approximate surface area is 155 Å². The molecule has 1 N–H and O–H groups in total. The Morgan fingerprint density at radius 3 is 2.70 bits per heavy atom. The van der Waals surface area contributed by atoms with Crippen molar-refractivity contribution in [3.05, 3.63) is 23.8 Å². The molecule has 6 nitrogen and oxygen atoms in total. The maximum Gasteiger partial charge on any atom is 0.416 e. The van der Waals surface area contributed by atoms with Crippen LogP contribution in [0.25, 0.3) is 0 Å². The Balaban J connectivity index is 1.80. The van der Waals surface area contributed by atoms with E-state index in [4.69, 9.17) is 14.2 Å². The molecule has 2 aliphatic heterocycles. The number of benzene rings is 1. The van der Waals surface area contributed by atoms with Crippen LogP contribution in [-0.2, 0) is 15.7 Å². The fraction of sp³-hybridized carbons (Fsp3) is 0.611. The Bertz CT molecular complexity index is 662. The van der Waals surface area contributed by atoms with Gasteiger partial charge in [0, 0.05) is 6.54 Å². The molecule has 1 atom stereocenters. The number of hydrogen-bond acceptors (Lipinski definition) is 4. The molecule has 0 saturated carbocycles. The van der Waals surface area contributed by atoms with Gasteiger partial charge in [-0.1, -0.05) is 0 Å². The van der Waals surface area contributed by atoms with E-state index in [2.05, 4.69) is 5.32 Å². The summed E-state index contributed by atoms with van der Waals surface area (Å²) >= 11 is 0. The molecule has 2 saturated heterocycles. The molecule has 9 heteroatoms. The highest BCUT2D eigenvalue weighted by Gasteiger charge is 2.37. The molecule has 0 aliphatic carbocycles. The van der Waals surface area contributed by atoms with Crippen molar-refractivity contribution in [3.8, 4) is 5.75 Å². The zero-order chi connectivity index (χ0) is 19.4. The fourth-order valence-electron chi connectivity index (χ4n) is 3.36. The van der Waals surface area contributed by atoms with Gasteiger partial charge in [0.05, 0.1) is 37.1 Å². The maximum absolute atomic E-state index is 13.0. The predicted molar refractivity (Wildman–Crippen MR) is 91.7 cm³/mol. The summed E-state index contributed by atoms with van der Waals surface area (Å²) in [7, 11) is 0. The van der Waals surface area contributed by atoms with Crippen LogP contribution < -0.4 is 10.1 Å². The van der Waals surface area contributed by atoms with Gasteiger partial charge in [0.1, 0.15) is 5.75 Å². The summed E-state index contributed by atoms with van der Waals surface area (Å²) in [4.78, 5) is 14.4. The van der Waals surface area contributed by atoms with Gasteiger partial charge in [0.15, 0.2) is 6.29 Å². The molecular weight excluding hydrogens is 365 g/mol. The number of rotatable bonds is 4. The lowest BCUT2D eigenvalue weighted by atomic mass is 10.0. The maximum atomic E-state index is 13.0. The van der Waals surface area contributed by atoms with Crippen molar-refractivity contribution in [2.75, 3.05) is 31.7 Å². The van der Waals surface area contributed by atoms with Gasteiger partial charge in [-0.25, -0.2) is 4.79 Å². The standard InChI is InChI=1S/C18H23F3N2O4/c1-2-25-15-7-6-12(18(19,20)21)11-13(15)22-17(24)23-8-4-3-5-14(23)16-26-9-10-27-16/h6-7,11,14,16H,2-5,8-10H2,1H3,(H,22,24). The van der Waals surface area contributed by atoms with Gasteiger partial charge in [-0.05, 0) is 44.4 Å². The molecule has 1 aromatic rings. The minimum absolute atomic E-state index is 0.00532. The molecule has 2 amide bonds. The van der Waals surface area contributed by atoms with E-state index in [9.17, 15) is 18.0 Å². The van der Waals surface area contributed by atoms with Crippen LogP contribution in [0.2, 0.25) is 0 Å². The number of carbonyl (C=O) groups excluding carboxylic acids is 1. The van der Waals surface area contributed by atoms with Crippen molar-refractivity contribution < 1.29 is 32.2 Å². The summed E-state index contributed by atoms with van der Waals surface area (Å²) in [6.45, 7) is 3.42. The fourth-order valence-corrected chi connectivity index (χ4v) is 3.36. The van der Waals surface area contributed by atoms with E-state index < -0.39 is 24.1 Å². The highest BCUT2D eigenvalue weighted by atomic mass is 19.4. The van der Waals surface area contributed by atoms with Crippen molar-refractivity contribution in [1.82, 2.24) is 4.90 Å². The zero-order valence-electron chi connectivity index (χ0n) is 15.1. The van der Waals surface area contributed by atoms with Gasteiger partial charge < -0.3 is 24.4 Å². The average Bonchev–Trinajstić information content (AvgIpc) is 3.17. The first-order chi connectivity index (χ1) is 12.9. The number of carbonyl (C=O) groups is 1. The van der Waals surface area contributed by atoms with E-state index in [1.54, 1.807) is 11.8 Å². The highest BCUT2D eigenvalue weighted by Crippen LogP contribution is 2.35. The molecule has 27 heavy (non-hydrogen) atoms. The lowest BCUT2D eigenvalue weighted by molar-refractivity contribution is -0.137. The number of nitrogens with zero attached hydrogens (tertiary/aromatic N) is 1. The number of alkyl halides is 3. The van der Waals surface area contributed by atoms with E-state index >= 15 is 0 Å². The molecule has 3 rings (SSSR count). The van der Waals surface area contributed by atoms with Crippen LogP contribution in [0.3, 0.4) is 0 Å².